The summed E-state index contributed by atoms with van der Waals surface area (Å²) in [5, 5.41) is 12.3. The number of H-pyrrole nitrogens is 1. The summed E-state index contributed by atoms with van der Waals surface area (Å²) in [5.74, 6) is 2.09. The van der Waals surface area contributed by atoms with Crippen molar-refractivity contribution in [1.82, 2.24) is 25.1 Å². The molecule has 0 atom stereocenters. The first-order valence-electron chi connectivity index (χ1n) is 6.22. The van der Waals surface area contributed by atoms with Crippen LogP contribution in [0.5, 0.6) is 0 Å². The van der Waals surface area contributed by atoms with Gasteiger partial charge in [0.25, 0.3) is 0 Å². The van der Waals surface area contributed by atoms with Gasteiger partial charge in [-0.3, -0.25) is 5.10 Å². The van der Waals surface area contributed by atoms with Crippen LogP contribution >= 0.6 is 11.3 Å². The highest BCUT2D eigenvalue weighted by molar-refractivity contribution is 7.13. The zero-order chi connectivity index (χ0) is 13.9. The molecule has 3 heterocycles. The van der Waals surface area contributed by atoms with Crippen molar-refractivity contribution >= 4 is 17.3 Å². The second-order valence-electron chi connectivity index (χ2n) is 4.41. The average Bonchev–Trinajstić information content (AvgIpc) is 3.06. The van der Waals surface area contributed by atoms with E-state index in [9.17, 15) is 0 Å². The number of thiophene rings is 1. The molecule has 0 saturated carbocycles. The predicted molar refractivity (Wildman–Crippen MR) is 78.5 cm³/mol. The maximum atomic E-state index is 4.44. The number of aryl methyl sites for hydroxylation is 2. The summed E-state index contributed by atoms with van der Waals surface area (Å²) >= 11 is 1.62. The molecule has 3 rings (SSSR count). The van der Waals surface area contributed by atoms with Gasteiger partial charge in [-0.05, 0) is 31.4 Å². The number of aromatic nitrogens is 5. The molecule has 0 aromatic carbocycles. The largest absolute Gasteiger partial charge is 0.347 e. The number of anilines is 1. The molecule has 0 fully saturated rings. The second kappa shape index (κ2) is 5.38. The normalized spacial score (nSPS) is 10.7. The Morgan fingerprint density at radius 1 is 1.20 bits per heavy atom. The van der Waals surface area contributed by atoms with Crippen molar-refractivity contribution in [1.29, 1.82) is 0 Å². The standard InChI is InChI=1S/C13H14N6S/c1-8-6-9(2)16-13(15-8)14-7-11-17-12(19-18-11)10-4-3-5-20-10/h3-6H,7H2,1-2H3,(H,14,15,16)(H,17,18,19). The summed E-state index contributed by atoms with van der Waals surface area (Å²) < 4.78 is 0. The quantitative estimate of drug-likeness (QED) is 0.770. The molecule has 0 saturated heterocycles. The van der Waals surface area contributed by atoms with Crippen molar-refractivity contribution < 1.29 is 0 Å². The van der Waals surface area contributed by atoms with Crippen molar-refractivity contribution in [3.05, 3.63) is 40.8 Å². The lowest BCUT2D eigenvalue weighted by molar-refractivity contribution is 0.925. The molecular weight excluding hydrogens is 272 g/mol. The summed E-state index contributed by atoms with van der Waals surface area (Å²) in [7, 11) is 0. The van der Waals surface area contributed by atoms with Crippen molar-refractivity contribution in [3.8, 4) is 10.7 Å². The summed E-state index contributed by atoms with van der Waals surface area (Å²) in [5.41, 5.74) is 1.88. The third kappa shape index (κ3) is 2.83. The number of hydrogen-bond acceptors (Lipinski definition) is 6. The highest BCUT2D eigenvalue weighted by Gasteiger charge is 2.07. The van der Waals surface area contributed by atoms with Crippen molar-refractivity contribution in [2.24, 2.45) is 0 Å². The summed E-state index contributed by atoms with van der Waals surface area (Å²) in [6.45, 7) is 4.41. The lowest BCUT2D eigenvalue weighted by Gasteiger charge is -2.04. The highest BCUT2D eigenvalue weighted by atomic mass is 32.1. The minimum atomic E-state index is 0.515. The van der Waals surface area contributed by atoms with Crippen LogP contribution < -0.4 is 5.32 Å². The first-order valence-corrected chi connectivity index (χ1v) is 7.10. The van der Waals surface area contributed by atoms with Crippen LogP contribution in [0.4, 0.5) is 5.95 Å². The molecule has 0 aliphatic rings. The van der Waals surface area contributed by atoms with Crippen LogP contribution in [0.3, 0.4) is 0 Å². The molecule has 0 radical (unpaired) electrons. The maximum absolute atomic E-state index is 4.44. The van der Waals surface area contributed by atoms with Gasteiger partial charge in [-0.1, -0.05) is 6.07 Å². The van der Waals surface area contributed by atoms with Crippen LogP contribution in [0.2, 0.25) is 0 Å². The lowest BCUT2D eigenvalue weighted by Crippen LogP contribution is -2.06. The van der Waals surface area contributed by atoms with E-state index in [1.807, 2.05) is 37.4 Å². The Kier molecular flexibility index (Phi) is 3.42. The SMILES string of the molecule is Cc1cc(C)nc(NCc2nc(-c3cccs3)n[nH]2)n1. The molecule has 0 bridgehead atoms. The highest BCUT2D eigenvalue weighted by Crippen LogP contribution is 2.20. The zero-order valence-electron chi connectivity index (χ0n) is 11.2. The zero-order valence-corrected chi connectivity index (χ0v) is 12.0. The molecule has 102 valence electrons. The van der Waals surface area contributed by atoms with E-state index >= 15 is 0 Å². The van der Waals surface area contributed by atoms with Crippen LogP contribution in [0.1, 0.15) is 17.2 Å². The molecule has 0 spiro atoms. The molecule has 0 unspecified atom stereocenters. The van der Waals surface area contributed by atoms with Crippen molar-refractivity contribution in [2.75, 3.05) is 5.32 Å². The summed E-state index contributed by atoms with van der Waals surface area (Å²) in [4.78, 5) is 14.1. The molecule has 6 nitrogen and oxygen atoms in total. The number of aromatic amines is 1. The minimum Gasteiger partial charge on any atom is -0.347 e. The molecule has 0 aliphatic heterocycles. The van der Waals surface area contributed by atoms with Crippen molar-refractivity contribution in [3.63, 3.8) is 0 Å². The van der Waals surface area contributed by atoms with E-state index in [0.717, 1.165) is 27.9 Å². The average molecular weight is 286 g/mol. The molecule has 0 amide bonds. The van der Waals surface area contributed by atoms with Crippen LogP contribution in [0.25, 0.3) is 10.7 Å². The maximum Gasteiger partial charge on any atom is 0.223 e. The van der Waals surface area contributed by atoms with Gasteiger partial charge in [-0.2, -0.15) is 5.10 Å². The Labute approximate surface area is 120 Å². The summed E-state index contributed by atoms with van der Waals surface area (Å²) in [6.07, 6.45) is 0. The van der Waals surface area contributed by atoms with Gasteiger partial charge in [0.15, 0.2) is 5.82 Å². The Balaban J connectivity index is 1.69. The number of hydrogen-bond donors (Lipinski definition) is 2. The first kappa shape index (κ1) is 12.7. The Morgan fingerprint density at radius 2 is 2.00 bits per heavy atom. The van der Waals surface area contributed by atoms with Crippen LogP contribution in [-0.4, -0.2) is 25.1 Å². The Hall–Kier alpha value is -2.28. The molecule has 0 aliphatic carbocycles. The fourth-order valence-corrected chi connectivity index (χ4v) is 2.52. The summed E-state index contributed by atoms with van der Waals surface area (Å²) in [6, 6.07) is 5.92. The fourth-order valence-electron chi connectivity index (χ4n) is 1.86. The van der Waals surface area contributed by atoms with Gasteiger partial charge in [0, 0.05) is 11.4 Å². The van der Waals surface area contributed by atoms with Crippen LogP contribution in [-0.2, 0) is 6.54 Å². The van der Waals surface area contributed by atoms with Gasteiger partial charge in [-0.25, -0.2) is 15.0 Å². The van der Waals surface area contributed by atoms with Gasteiger partial charge >= 0.3 is 0 Å². The molecule has 3 aromatic heterocycles. The van der Waals surface area contributed by atoms with E-state index in [1.54, 1.807) is 11.3 Å². The van der Waals surface area contributed by atoms with Gasteiger partial charge in [0.1, 0.15) is 5.82 Å². The Morgan fingerprint density at radius 3 is 2.70 bits per heavy atom. The minimum absolute atomic E-state index is 0.515. The van der Waals surface area contributed by atoms with E-state index in [0.29, 0.717) is 12.5 Å². The third-order valence-corrected chi connectivity index (χ3v) is 3.54. The lowest BCUT2D eigenvalue weighted by atomic mass is 10.4. The number of nitrogens with one attached hydrogen (secondary N) is 2. The van der Waals surface area contributed by atoms with E-state index in [-0.39, 0.29) is 0 Å². The smallest absolute Gasteiger partial charge is 0.223 e. The van der Waals surface area contributed by atoms with E-state index in [4.69, 9.17) is 0 Å². The molecular formula is C13H14N6S. The third-order valence-electron chi connectivity index (χ3n) is 2.67. The monoisotopic (exact) mass is 286 g/mol. The van der Waals surface area contributed by atoms with Crippen LogP contribution in [0, 0.1) is 13.8 Å². The van der Waals surface area contributed by atoms with E-state index in [2.05, 4.69) is 30.5 Å². The molecule has 2 N–H and O–H groups in total. The molecule has 3 aromatic rings. The van der Waals surface area contributed by atoms with Gasteiger partial charge in [-0.15, -0.1) is 11.3 Å². The number of nitrogens with zero attached hydrogens (tertiary/aromatic N) is 4. The van der Waals surface area contributed by atoms with Crippen molar-refractivity contribution in [2.45, 2.75) is 20.4 Å². The Bertz CT molecular complexity index is 683. The fraction of sp³-hybridized carbons (Fsp3) is 0.231. The van der Waals surface area contributed by atoms with E-state index < -0.39 is 0 Å². The number of rotatable bonds is 4. The molecule has 7 heteroatoms. The van der Waals surface area contributed by atoms with Gasteiger partial charge in [0.2, 0.25) is 5.95 Å². The second-order valence-corrected chi connectivity index (χ2v) is 5.36. The van der Waals surface area contributed by atoms with Crippen LogP contribution in [0.15, 0.2) is 23.6 Å². The van der Waals surface area contributed by atoms with E-state index in [1.165, 1.54) is 0 Å². The van der Waals surface area contributed by atoms with Gasteiger partial charge < -0.3 is 5.32 Å². The molecule has 20 heavy (non-hydrogen) atoms. The van der Waals surface area contributed by atoms with Gasteiger partial charge in [0.05, 0.1) is 11.4 Å². The first-order chi connectivity index (χ1) is 9.70. The topological polar surface area (TPSA) is 79.4 Å². The predicted octanol–water partition coefficient (Wildman–Crippen LogP) is 2.55.